The van der Waals surface area contributed by atoms with Crippen molar-refractivity contribution in [3.05, 3.63) is 47.3 Å². The first-order chi connectivity index (χ1) is 14.0. The van der Waals surface area contributed by atoms with Gasteiger partial charge in [0.05, 0.1) is 30.8 Å². The van der Waals surface area contributed by atoms with Crippen LogP contribution in [0.25, 0.3) is 0 Å². The Balaban J connectivity index is 1.60. The van der Waals surface area contributed by atoms with Crippen molar-refractivity contribution in [2.24, 2.45) is 0 Å². The number of nitrogens with zero attached hydrogens (tertiary/aromatic N) is 5. The second-order valence-corrected chi connectivity index (χ2v) is 7.66. The number of carbonyl (C=O) groups is 1. The Morgan fingerprint density at radius 3 is 2.52 bits per heavy atom. The predicted octanol–water partition coefficient (Wildman–Crippen LogP) is 2.74. The van der Waals surface area contributed by atoms with Crippen molar-refractivity contribution in [3.63, 3.8) is 0 Å². The lowest BCUT2D eigenvalue weighted by Gasteiger charge is -2.38. The largest absolute Gasteiger partial charge is 0.360 e. The number of hydrogen-bond donors (Lipinski definition) is 0. The lowest BCUT2D eigenvalue weighted by atomic mass is 10.1. The Morgan fingerprint density at radius 1 is 1.24 bits per heavy atom. The molecule has 1 unspecified atom stereocenters. The first-order valence-corrected chi connectivity index (χ1v) is 10.1. The Kier molecular flexibility index (Phi) is 7.02. The summed E-state index contributed by atoms with van der Waals surface area (Å²) in [5.74, 6) is 0.922. The smallest absolute Gasteiger partial charge is 0.244 e. The van der Waals surface area contributed by atoms with Crippen molar-refractivity contribution in [2.45, 2.75) is 39.8 Å². The number of amides is 1. The highest BCUT2D eigenvalue weighted by Gasteiger charge is 2.29. The van der Waals surface area contributed by atoms with Gasteiger partial charge in [-0.15, -0.1) is 0 Å². The van der Waals surface area contributed by atoms with Crippen LogP contribution in [0.15, 0.2) is 34.9 Å². The summed E-state index contributed by atoms with van der Waals surface area (Å²) in [6, 6.07) is 11.8. The van der Waals surface area contributed by atoms with Gasteiger partial charge in [0.2, 0.25) is 5.91 Å². The molecule has 1 atom stereocenters. The number of anilines is 1. The topological polar surface area (TPSA) is 76.6 Å². The van der Waals surface area contributed by atoms with E-state index in [1.165, 1.54) is 0 Å². The molecule has 1 amide bonds. The zero-order valence-corrected chi connectivity index (χ0v) is 17.5. The van der Waals surface area contributed by atoms with Crippen LogP contribution in [0.2, 0.25) is 0 Å². The maximum atomic E-state index is 13.2. The fourth-order valence-corrected chi connectivity index (χ4v) is 3.65. The molecule has 1 aliphatic heterocycles. The molecule has 1 saturated heterocycles. The summed E-state index contributed by atoms with van der Waals surface area (Å²) >= 11 is 0. The van der Waals surface area contributed by atoms with E-state index in [1.807, 2.05) is 51.1 Å². The third-order valence-corrected chi connectivity index (χ3v) is 5.43. The molecule has 0 spiro atoms. The molecule has 1 fully saturated rings. The maximum Gasteiger partial charge on any atom is 0.244 e. The van der Waals surface area contributed by atoms with E-state index in [1.54, 1.807) is 4.90 Å². The van der Waals surface area contributed by atoms with Gasteiger partial charge in [0.25, 0.3) is 0 Å². The van der Waals surface area contributed by atoms with Gasteiger partial charge < -0.3 is 9.42 Å². The van der Waals surface area contributed by atoms with Gasteiger partial charge in [0.1, 0.15) is 0 Å². The molecular weight excluding hydrogens is 366 g/mol. The van der Waals surface area contributed by atoms with Gasteiger partial charge in [-0.25, -0.2) is 0 Å². The molecule has 0 N–H and O–H groups in total. The number of piperazine rings is 1. The third-order valence-electron chi connectivity index (χ3n) is 5.43. The molecule has 1 aromatic carbocycles. The summed E-state index contributed by atoms with van der Waals surface area (Å²) in [5, 5.41) is 13.0. The van der Waals surface area contributed by atoms with Crippen LogP contribution in [0, 0.1) is 25.2 Å². The van der Waals surface area contributed by atoms with E-state index in [2.05, 4.69) is 21.0 Å². The molecule has 0 saturated carbocycles. The van der Waals surface area contributed by atoms with Crippen molar-refractivity contribution in [2.75, 3.05) is 37.6 Å². The highest BCUT2D eigenvalue weighted by molar-refractivity contribution is 5.97. The van der Waals surface area contributed by atoms with Crippen molar-refractivity contribution in [3.8, 4) is 6.07 Å². The standard InChI is InChI=1S/C22H29N5O2/c1-17-5-7-20(8-6-17)27(10-4-9-23)22(28)19(3)26-13-11-25(12-14-26)16-21-15-18(2)24-29-21/h5-8,15,19H,4,10-14,16H2,1-3H3. The average Bonchev–Trinajstić information content (AvgIpc) is 3.14. The SMILES string of the molecule is Cc1ccc(N(CCC#N)C(=O)C(C)N2CCN(Cc3cc(C)no3)CC2)cc1. The molecule has 0 aliphatic carbocycles. The van der Waals surface area contributed by atoms with Gasteiger partial charge in [-0.1, -0.05) is 22.9 Å². The van der Waals surface area contributed by atoms with E-state index in [0.29, 0.717) is 13.0 Å². The van der Waals surface area contributed by atoms with Crippen LogP contribution < -0.4 is 4.90 Å². The zero-order valence-electron chi connectivity index (χ0n) is 17.5. The van der Waals surface area contributed by atoms with Gasteiger partial charge in [0, 0.05) is 44.5 Å². The number of nitriles is 1. The van der Waals surface area contributed by atoms with Gasteiger partial charge in [0.15, 0.2) is 5.76 Å². The first-order valence-electron chi connectivity index (χ1n) is 10.1. The van der Waals surface area contributed by atoms with Crippen LogP contribution in [0.4, 0.5) is 5.69 Å². The summed E-state index contributed by atoms with van der Waals surface area (Å²) in [7, 11) is 0. The predicted molar refractivity (Wildman–Crippen MR) is 111 cm³/mol. The molecule has 1 aliphatic rings. The molecule has 2 aromatic rings. The van der Waals surface area contributed by atoms with E-state index in [-0.39, 0.29) is 11.9 Å². The molecular formula is C22H29N5O2. The molecule has 3 rings (SSSR count). The summed E-state index contributed by atoms with van der Waals surface area (Å²) in [5.41, 5.74) is 2.89. The second kappa shape index (κ2) is 9.68. The first kappa shape index (κ1) is 21.0. The van der Waals surface area contributed by atoms with Crippen molar-refractivity contribution in [1.29, 1.82) is 5.26 Å². The minimum Gasteiger partial charge on any atom is -0.360 e. The molecule has 7 heteroatoms. The van der Waals surface area contributed by atoms with E-state index in [0.717, 1.165) is 55.4 Å². The number of hydrogen-bond acceptors (Lipinski definition) is 6. The van der Waals surface area contributed by atoms with Crippen molar-refractivity contribution in [1.82, 2.24) is 15.0 Å². The van der Waals surface area contributed by atoms with Crippen LogP contribution >= 0.6 is 0 Å². The Bertz CT molecular complexity index is 847. The Labute approximate surface area is 172 Å². The molecule has 1 aromatic heterocycles. The minimum absolute atomic E-state index is 0.0448. The summed E-state index contributed by atoms with van der Waals surface area (Å²) in [4.78, 5) is 19.5. The fraction of sp³-hybridized carbons (Fsp3) is 0.500. The number of aromatic nitrogens is 1. The number of rotatable bonds is 7. The normalized spacial score (nSPS) is 16.3. The van der Waals surface area contributed by atoms with Crippen molar-refractivity contribution < 1.29 is 9.32 Å². The second-order valence-electron chi connectivity index (χ2n) is 7.66. The highest BCUT2D eigenvalue weighted by Crippen LogP contribution is 2.19. The fourth-order valence-electron chi connectivity index (χ4n) is 3.65. The summed E-state index contributed by atoms with van der Waals surface area (Å²) in [6.07, 6.45) is 0.316. The summed E-state index contributed by atoms with van der Waals surface area (Å²) in [6.45, 7) is 10.4. The van der Waals surface area contributed by atoms with E-state index in [9.17, 15) is 4.79 Å². The molecule has 0 bridgehead atoms. The third kappa shape index (κ3) is 5.43. The van der Waals surface area contributed by atoms with Gasteiger partial charge >= 0.3 is 0 Å². The van der Waals surface area contributed by atoms with Crippen LogP contribution in [0.1, 0.15) is 30.4 Å². The molecule has 0 radical (unpaired) electrons. The van der Waals surface area contributed by atoms with Gasteiger partial charge in [-0.3, -0.25) is 14.6 Å². The molecule has 7 nitrogen and oxygen atoms in total. The highest BCUT2D eigenvalue weighted by atomic mass is 16.5. The molecule has 2 heterocycles. The van der Waals surface area contributed by atoms with E-state index in [4.69, 9.17) is 9.78 Å². The zero-order chi connectivity index (χ0) is 20.8. The van der Waals surface area contributed by atoms with Crippen LogP contribution in [-0.4, -0.2) is 59.6 Å². The lowest BCUT2D eigenvalue weighted by Crippen LogP contribution is -2.54. The molecule has 154 valence electrons. The Morgan fingerprint density at radius 2 is 1.93 bits per heavy atom. The minimum atomic E-state index is -0.232. The number of carbonyl (C=O) groups excluding carboxylic acids is 1. The molecule has 29 heavy (non-hydrogen) atoms. The van der Waals surface area contributed by atoms with Gasteiger partial charge in [-0.05, 0) is 32.9 Å². The van der Waals surface area contributed by atoms with Crippen molar-refractivity contribution >= 4 is 11.6 Å². The monoisotopic (exact) mass is 395 g/mol. The van der Waals surface area contributed by atoms with Gasteiger partial charge in [-0.2, -0.15) is 5.26 Å². The van der Waals surface area contributed by atoms with Crippen LogP contribution in [0.3, 0.4) is 0 Å². The quantitative estimate of drug-likeness (QED) is 0.717. The Hall–Kier alpha value is -2.69. The number of benzene rings is 1. The lowest BCUT2D eigenvalue weighted by molar-refractivity contribution is -0.124. The average molecular weight is 396 g/mol. The summed E-state index contributed by atoms with van der Waals surface area (Å²) < 4.78 is 5.31. The number of aryl methyl sites for hydroxylation is 2. The van der Waals surface area contributed by atoms with Crippen LogP contribution in [-0.2, 0) is 11.3 Å². The maximum absolute atomic E-state index is 13.2. The van der Waals surface area contributed by atoms with E-state index >= 15 is 0 Å². The van der Waals surface area contributed by atoms with E-state index < -0.39 is 0 Å². The van der Waals surface area contributed by atoms with Crippen LogP contribution in [0.5, 0.6) is 0 Å².